The van der Waals surface area contributed by atoms with Crippen LogP contribution in [0.5, 0.6) is 0 Å². The molecular weight excluding hydrogens is 394 g/mol. The summed E-state index contributed by atoms with van der Waals surface area (Å²) in [5, 5.41) is 5.77. The molecule has 3 aromatic rings. The van der Waals surface area contributed by atoms with Gasteiger partial charge in [-0.25, -0.2) is 10.2 Å². The molecule has 4 N–H and O–H groups in total. The average Bonchev–Trinajstić information content (AvgIpc) is 2.75. The number of benzene rings is 2. The van der Waals surface area contributed by atoms with Crippen molar-refractivity contribution in [3.8, 4) is 0 Å². The number of rotatable bonds is 4. The number of hydrogen-bond donors (Lipinski definition) is 4. The van der Waals surface area contributed by atoms with E-state index in [4.69, 9.17) is 11.6 Å². The lowest BCUT2D eigenvalue weighted by Gasteiger charge is -2.10. The summed E-state index contributed by atoms with van der Waals surface area (Å²) in [6, 6.07) is 17.1. The van der Waals surface area contributed by atoms with E-state index in [0.717, 1.165) is 0 Å². The molecule has 4 amide bonds. The van der Waals surface area contributed by atoms with E-state index < -0.39 is 11.9 Å². The SMILES string of the molecule is O=C(NNC(=O)c1ccc(NC(=O)c2ccccn2)cc1)Nc1ccc(Cl)cc1. The molecule has 0 fully saturated rings. The first-order chi connectivity index (χ1) is 14.0. The van der Waals surface area contributed by atoms with Crippen molar-refractivity contribution in [1.29, 1.82) is 0 Å². The number of urea groups is 1. The third-order valence-corrected chi connectivity index (χ3v) is 3.95. The molecule has 0 saturated carbocycles. The highest BCUT2D eigenvalue weighted by atomic mass is 35.5. The lowest BCUT2D eigenvalue weighted by Crippen LogP contribution is -2.43. The van der Waals surface area contributed by atoms with E-state index in [1.165, 1.54) is 18.3 Å². The highest BCUT2D eigenvalue weighted by molar-refractivity contribution is 6.30. The Morgan fingerprint density at radius 2 is 1.38 bits per heavy atom. The van der Waals surface area contributed by atoms with Gasteiger partial charge in [0.1, 0.15) is 5.69 Å². The smallest absolute Gasteiger partial charge is 0.321 e. The van der Waals surface area contributed by atoms with Gasteiger partial charge in [0.05, 0.1) is 0 Å². The molecule has 0 aliphatic carbocycles. The standard InChI is InChI=1S/C20H16ClN5O3/c21-14-6-10-16(11-7-14)24-20(29)26-25-18(27)13-4-8-15(9-5-13)23-19(28)17-3-1-2-12-22-17/h1-12H,(H,23,28)(H,25,27)(H2,24,26,29). The Labute approximate surface area is 171 Å². The van der Waals surface area contributed by atoms with Crippen molar-refractivity contribution < 1.29 is 14.4 Å². The lowest BCUT2D eigenvalue weighted by molar-refractivity contribution is 0.0937. The van der Waals surface area contributed by atoms with Crippen LogP contribution in [0, 0.1) is 0 Å². The first-order valence-corrected chi connectivity index (χ1v) is 8.84. The molecule has 0 aliphatic heterocycles. The number of pyridine rings is 1. The fourth-order valence-corrected chi connectivity index (χ4v) is 2.40. The minimum absolute atomic E-state index is 0.283. The van der Waals surface area contributed by atoms with E-state index in [2.05, 4.69) is 26.5 Å². The third kappa shape index (κ3) is 5.78. The topological polar surface area (TPSA) is 112 Å². The number of halogens is 1. The number of nitrogens with one attached hydrogen (secondary N) is 4. The van der Waals surface area contributed by atoms with Crippen LogP contribution in [0.25, 0.3) is 0 Å². The van der Waals surface area contributed by atoms with E-state index in [0.29, 0.717) is 22.0 Å². The quantitative estimate of drug-likeness (QED) is 0.494. The zero-order valence-corrected chi connectivity index (χ0v) is 15.7. The van der Waals surface area contributed by atoms with Gasteiger partial charge in [0.15, 0.2) is 0 Å². The fraction of sp³-hybridized carbons (Fsp3) is 0. The Balaban J connectivity index is 1.50. The lowest BCUT2D eigenvalue weighted by atomic mass is 10.2. The summed E-state index contributed by atoms with van der Waals surface area (Å²) in [6.07, 6.45) is 1.53. The number of hydrazine groups is 1. The van der Waals surface area contributed by atoms with Crippen LogP contribution in [0.1, 0.15) is 20.8 Å². The van der Waals surface area contributed by atoms with Gasteiger partial charge in [-0.1, -0.05) is 17.7 Å². The van der Waals surface area contributed by atoms with Crippen LogP contribution in [0.15, 0.2) is 72.9 Å². The van der Waals surface area contributed by atoms with Gasteiger partial charge in [-0.15, -0.1) is 0 Å². The van der Waals surface area contributed by atoms with Crippen LogP contribution in [-0.2, 0) is 0 Å². The van der Waals surface area contributed by atoms with Crippen molar-refractivity contribution >= 4 is 40.8 Å². The zero-order chi connectivity index (χ0) is 20.6. The predicted octanol–water partition coefficient (Wildman–Crippen LogP) is 3.45. The van der Waals surface area contributed by atoms with Crippen molar-refractivity contribution in [2.45, 2.75) is 0 Å². The maximum absolute atomic E-state index is 12.1. The van der Waals surface area contributed by atoms with E-state index in [9.17, 15) is 14.4 Å². The Morgan fingerprint density at radius 1 is 0.724 bits per heavy atom. The fourth-order valence-electron chi connectivity index (χ4n) is 2.28. The van der Waals surface area contributed by atoms with Crippen molar-refractivity contribution in [1.82, 2.24) is 15.8 Å². The van der Waals surface area contributed by atoms with Crippen LogP contribution < -0.4 is 21.5 Å². The summed E-state index contributed by atoms with van der Waals surface area (Å²) >= 11 is 5.78. The molecule has 0 saturated heterocycles. The molecule has 8 nitrogen and oxygen atoms in total. The Morgan fingerprint density at radius 3 is 2.03 bits per heavy atom. The molecule has 0 aliphatic rings. The van der Waals surface area contributed by atoms with Gasteiger partial charge in [0.25, 0.3) is 11.8 Å². The van der Waals surface area contributed by atoms with Gasteiger partial charge in [0, 0.05) is 28.2 Å². The van der Waals surface area contributed by atoms with Crippen molar-refractivity contribution in [3.05, 3.63) is 89.2 Å². The maximum Gasteiger partial charge on any atom is 0.337 e. The summed E-state index contributed by atoms with van der Waals surface area (Å²) < 4.78 is 0. The minimum Gasteiger partial charge on any atom is -0.321 e. The van der Waals surface area contributed by atoms with Crippen LogP contribution in [0.4, 0.5) is 16.2 Å². The Hall–Kier alpha value is -3.91. The summed E-state index contributed by atoms with van der Waals surface area (Å²) in [5.74, 6) is -0.873. The summed E-state index contributed by atoms with van der Waals surface area (Å²) in [6.45, 7) is 0. The molecule has 1 aromatic heterocycles. The van der Waals surface area contributed by atoms with Gasteiger partial charge in [-0.05, 0) is 60.7 Å². The Kier molecular flexibility index (Phi) is 6.39. The number of anilines is 2. The Bertz CT molecular complexity index is 1010. The molecule has 1 heterocycles. The second-order valence-electron chi connectivity index (χ2n) is 5.79. The van der Waals surface area contributed by atoms with Crippen LogP contribution in [0.2, 0.25) is 5.02 Å². The largest absolute Gasteiger partial charge is 0.337 e. The number of carbonyl (C=O) groups is 3. The molecule has 0 spiro atoms. The molecule has 0 atom stereocenters. The van der Waals surface area contributed by atoms with E-state index in [1.54, 1.807) is 54.6 Å². The highest BCUT2D eigenvalue weighted by Crippen LogP contribution is 2.13. The van der Waals surface area contributed by atoms with E-state index in [1.807, 2.05) is 0 Å². The van der Waals surface area contributed by atoms with Gasteiger partial charge in [0.2, 0.25) is 0 Å². The number of nitrogens with zero attached hydrogens (tertiary/aromatic N) is 1. The molecular formula is C20H16ClN5O3. The zero-order valence-electron chi connectivity index (χ0n) is 15.0. The van der Waals surface area contributed by atoms with Gasteiger partial charge in [-0.2, -0.15) is 0 Å². The van der Waals surface area contributed by atoms with Crippen LogP contribution in [-0.4, -0.2) is 22.8 Å². The first-order valence-electron chi connectivity index (χ1n) is 8.46. The van der Waals surface area contributed by atoms with Crippen molar-refractivity contribution in [3.63, 3.8) is 0 Å². The molecule has 2 aromatic carbocycles. The van der Waals surface area contributed by atoms with Gasteiger partial charge >= 0.3 is 6.03 Å². The van der Waals surface area contributed by atoms with Crippen molar-refractivity contribution in [2.24, 2.45) is 0 Å². The number of carbonyl (C=O) groups excluding carboxylic acids is 3. The number of amides is 4. The van der Waals surface area contributed by atoms with E-state index >= 15 is 0 Å². The highest BCUT2D eigenvalue weighted by Gasteiger charge is 2.10. The summed E-state index contributed by atoms with van der Waals surface area (Å²) in [5.41, 5.74) is 6.15. The van der Waals surface area contributed by atoms with Crippen molar-refractivity contribution in [2.75, 3.05) is 10.6 Å². The molecule has 0 radical (unpaired) electrons. The second kappa shape index (κ2) is 9.34. The monoisotopic (exact) mass is 409 g/mol. The molecule has 9 heteroatoms. The van der Waals surface area contributed by atoms with Gasteiger partial charge in [-0.3, -0.25) is 20.0 Å². The number of aromatic nitrogens is 1. The van der Waals surface area contributed by atoms with Gasteiger partial charge < -0.3 is 10.6 Å². The number of hydrogen-bond acceptors (Lipinski definition) is 4. The molecule has 3 rings (SSSR count). The minimum atomic E-state index is -0.611. The third-order valence-electron chi connectivity index (χ3n) is 3.69. The normalized spacial score (nSPS) is 9.97. The average molecular weight is 410 g/mol. The summed E-state index contributed by atoms with van der Waals surface area (Å²) in [7, 11) is 0. The molecule has 146 valence electrons. The van der Waals surface area contributed by atoms with Crippen LogP contribution in [0.3, 0.4) is 0 Å². The molecule has 29 heavy (non-hydrogen) atoms. The first kappa shape index (κ1) is 19.8. The predicted molar refractivity (Wildman–Crippen MR) is 110 cm³/mol. The van der Waals surface area contributed by atoms with Crippen LogP contribution >= 0.6 is 11.6 Å². The maximum atomic E-state index is 12.1. The summed E-state index contributed by atoms with van der Waals surface area (Å²) in [4.78, 5) is 40.0. The van der Waals surface area contributed by atoms with E-state index in [-0.39, 0.29) is 11.6 Å². The molecule has 0 bridgehead atoms. The second-order valence-corrected chi connectivity index (χ2v) is 6.22. The molecule has 0 unspecified atom stereocenters.